The number of piperidine rings is 1. The number of hydrogen-bond acceptors (Lipinski definition) is 3. The van der Waals surface area contributed by atoms with Gasteiger partial charge in [-0.1, -0.05) is 60.7 Å². The lowest BCUT2D eigenvalue weighted by atomic mass is 9.88. The molecule has 2 aromatic carbocycles. The summed E-state index contributed by atoms with van der Waals surface area (Å²) in [6, 6.07) is 25.2. The highest BCUT2D eigenvalue weighted by molar-refractivity contribution is 5.82. The van der Waals surface area contributed by atoms with Crippen LogP contribution in [-0.4, -0.2) is 30.4 Å². The number of nitrogens with zero attached hydrogens (tertiary/aromatic N) is 1. The molecule has 1 amide bonds. The fourth-order valence-corrected chi connectivity index (χ4v) is 5.41. The predicted octanol–water partition coefficient (Wildman–Crippen LogP) is 5.22. The van der Waals surface area contributed by atoms with Crippen LogP contribution in [0.4, 0.5) is 0 Å². The fraction of sp³-hybridized carbons (Fsp3) is 0.393. The van der Waals surface area contributed by atoms with Gasteiger partial charge in [0, 0.05) is 18.4 Å². The molecule has 2 fully saturated rings. The molecule has 2 heterocycles. The first-order valence-electron chi connectivity index (χ1n) is 11.9. The van der Waals surface area contributed by atoms with Crippen LogP contribution in [0.25, 0.3) is 0 Å². The van der Waals surface area contributed by atoms with E-state index in [9.17, 15) is 4.79 Å². The average molecular weight is 429 g/mol. The highest BCUT2D eigenvalue weighted by Crippen LogP contribution is 2.59. The maximum Gasteiger partial charge on any atom is 0.223 e. The Morgan fingerprint density at radius 3 is 2.22 bits per heavy atom. The van der Waals surface area contributed by atoms with E-state index in [0.29, 0.717) is 12.5 Å². The highest BCUT2D eigenvalue weighted by Gasteiger charge is 2.58. The van der Waals surface area contributed by atoms with E-state index in [0.717, 1.165) is 51.1 Å². The minimum Gasteiger partial charge on any atom is -0.468 e. The lowest BCUT2D eigenvalue weighted by Crippen LogP contribution is -2.37. The van der Waals surface area contributed by atoms with Crippen molar-refractivity contribution in [3.05, 3.63) is 95.9 Å². The minimum absolute atomic E-state index is 0.195. The van der Waals surface area contributed by atoms with Crippen molar-refractivity contribution >= 4 is 5.91 Å². The number of hydrogen-bond donors (Lipinski definition) is 1. The Labute approximate surface area is 190 Å². The molecule has 166 valence electrons. The quantitative estimate of drug-likeness (QED) is 0.535. The maximum absolute atomic E-state index is 12.9. The molecule has 4 nitrogen and oxygen atoms in total. The van der Waals surface area contributed by atoms with E-state index in [2.05, 4.69) is 70.9 Å². The van der Waals surface area contributed by atoms with Crippen LogP contribution < -0.4 is 5.32 Å². The molecule has 32 heavy (non-hydrogen) atoms. The summed E-state index contributed by atoms with van der Waals surface area (Å²) in [5, 5.41) is 3.27. The van der Waals surface area contributed by atoms with E-state index in [-0.39, 0.29) is 17.2 Å². The van der Waals surface area contributed by atoms with E-state index in [1.54, 1.807) is 6.26 Å². The number of carbonyl (C=O) groups is 1. The molecule has 1 saturated carbocycles. The van der Waals surface area contributed by atoms with Crippen LogP contribution in [-0.2, 0) is 11.3 Å². The zero-order valence-corrected chi connectivity index (χ0v) is 18.6. The van der Waals surface area contributed by atoms with Crippen molar-refractivity contribution in [2.75, 3.05) is 19.6 Å². The first-order valence-corrected chi connectivity index (χ1v) is 11.9. The number of likely N-dealkylation sites (tertiary alicyclic amines) is 1. The zero-order chi connectivity index (χ0) is 21.8. The Kier molecular flexibility index (Phi) is 6.13. The number of nitrogens with one attached hydrogen (secondary N) is 1. The molecule has 1 aliphatic carbocycles. The Morgan fingerprint density at radius 2 is 1.62 bits per heavy atom. The van der Waals surface area contributed by atoms with E-state index in [1.165, 1.54) is 11.1 Å². The van der Waals surface area contributed by atoms with E-state index in [4.69, 9.17) is 4.42 Å². The second-order valence-electron chi connectivity index (χ2n) is 9.43. The molecule has 0 radical (unpaired) electrons. The average Bonchev–Trinajstić information content (AvgIpc) is 3.29. The Hall–Kier alpha value is -2.85. The van der Waals surface area contributed by atoms with Crippen LogP contribution in [0.2, 0.25) is 0 Å². The van der Waals surface area contributed by atoms with Gasteiger partial charge in [-0.05, 0) is 67.4 Å². The van der Waals surface area contributed by atoms with Gasteiger partial charge in [-0.25, -0.2) is 0 Å². The maximum atomic E-state index is 12.9. The molecule has 1 spiro atoms. The normalized spacial score (nSPS) is 19.8. The van der Waals surface area contributed by atoms with E-state index < -0.39 is 0 Å². The van der Waals surface area contributed by atoms with Gasteiger partial charge in [0.05, 0.1) is 12.8 Å². The molecule has 1 unspecified atom stereocenters. The van der Waals surface area contributed by atoms with Gasteiger partial charge in [-0.2, -0.15) is 0 Å². The standard InChI is InChI=1S/C28H32N2O2/c31-27(26-20-28(26)14-17-30(18-15-28)21-24-12-7-19-32-24)29-16-13-25(22-8-3-1-4-9-22)23-10-5-2-6-11-23/h1-12,19,25-26H,13-18,20-21H2,(H,29,31). The molecule has 1 atom stereocenters. The highest BCUT2D eigenvalue weighted by atomic mass is 16.3. The molecule has 1 aromatic heterocycles. The summed E-state index contributed by atoms with van der Waals surface area (Å²) >= 11 is 0. The monoisotopic (exact) mass is 428 g/mol. The predicted molar refractivity (Wildman–Crippen MR) is 126 cm³/mol. The SMILES string of the molecule is O=C(NCCC(c1ccccc1)c1ccccc1)C1CC12CCN(Cc1ccco1)CC2. The van der Waals surface area contributed by atoms with Crippen LogP contribution in [0.15, 0.2) is 83.5 Å². The van der Waals surface area contributed by atoms with Gasteiger partial charge in [0.1, 0.15) is 5.76 Å². The Bertz CT molecular complexity index is 953. The molecular weight excluding hydrogens is 396 g/mol. The minimum atomic E-state index is 0.195. The van der Waals surface area contributed by atoms with Crippen molar-refractivity contribution < 1.29 is 9.21 Å². The second-order valence-corrected chi connectivity index (χ2v) is 9.43. The molecular formula is C28H32N2O2. The number of carbonyl (C=O) groups excluding carboxylic acids is 1. The third-order valence-electron chi connectivity index (χ3n) is 7.45. The number of furan rings is 1. The van der Waals surface area contributed by atoms with Crippen molar-refractivity contribution in [3.8, 4) is 0 Å². The van der Waals surface area contributed by atoms with Gasteiger partial charge in [-0.15, -0.1) is 0 Å². The van der Waals surface area contributed by atoms with Crippen LogP contribution in [0, 0.1) is 11.3 Å². The van der Waals surface area contributed by atoms with Crippen LogP contribution in [0.3, 0.4) is 0 Å². The molecule has 1 saturated heterocycles. The molecule has 5 rings (SSSR count). The third kappa shape index (κ3) is 4.66. The van der Waals surface area contributed by atoms with E-state index in [1.807, 2.05) is 12.1 Å². The van der Waals surface area contributed by atoms with Crippen molar-refractivity contribution in [1.29, 1.82) is 0 Å². The van der Waals surface area contributed by atoms with Crippen LogP contribution in [0.5, 0.6) is 0 Å². The van der Waals surface area contributed by atoms with Gasteiger partial charge in [0.15, 0.2) is 0 Å². The molecule has 2 aliphatic rings. The topological polar surface area (TPSA) is 45.5 Å². The summed E-state index contributed by atoms with van der Waals surface area (Å²) in [6.45, 7) is 3.69. The first kappa shape index (κ1) is 21.0. The third-order valence-corrected chi connectivity index (χ3v) is 7.45. The van der Waals surface area contributed by atoms with E-state index >= 15 is 0 Å². The summed E-state index contributed by atoms with van der Waals surface area (Å²) in [6.07, 6.45) is 5.93. The number of benzene rings is 2. The summed E-state index contributed by atoms with van der Waals surface area (Å²) in [5.74, 6) is 1.78. The van der Waals surface area contributed by atoms with Crippen molar-refractivity contribution in [3.63, 3.8) is 0 Å². The first-order chi connectivity index (χ1) is 15.7. The number of amides is 1. The van der Waals surface area contributed by atoms with Gasteiger partial charge in [-0.3, -0.25) is 9.69 Å². The summed E-state index contributed by atoms with van der Waals surface area (Å²) in [4.78, 5) is 15.4. The molecule has 0 bridgehead atoms. The summed E-state index contributed by atoms with van der Waals surface area (Å²) in [5.41, 5.74) is 2.85. The Morgan fingerprint density at radius 1 is 0.969 bits per heavy atom. The largest absolute Gasteiger partial charge is 0.468 e. The van der Waals surface area contributed by atoms with Crippen molar-refractivity contribution in [2.24, 2.45) is 11.3 Å². The molecule has 3 aromatic rings. The van der Waals surface area contributed by atoms with Gasteiger partial charge in [0.2, 0.25) is 5.91 Å². The smallest absolute Gasteiger partial charge is 0.223 e. The molecule has 1 aliphatic heterocycles. The van der Waals surface area contributed by atoms with Gasteiger partial charge >= 0.3 is 0 Å². The number of rotatable bonds is 8. The van der Waals surface area contributed by atoms with Gasteiger partial charge in [0.25, 0.3) is 0 Å². The summed E-state index contributed by atoms with van der Waals surface area (Å²) < 4.78 is 5.48. The lowest BCUT2D eigenvalue weighted by molar-refractivity contribution is -0.123. The second kappa shape index (κ2) is 9.33. The fourth-order valence-electron chi connectivity index (χ4n) is 5.41. The van der Waals surface area contributed by atoms with Crippen molar-refractivity contribution in [1.82, 2.24) is 10.2 Å². The molecule has 4 heteroatoms. The summed E-state index contributed by atoms with van der Waals surface area (Å²) in [7, 11) is 0. The van der Waals surface area contributed by atoms with Crippen LogP contribution >= 0.6 is 0 Å². The lowest BCUT2D eigenvalue weighted by Gasteiger charge is -2.32. The Balaban J connectivity index is 1.12. The zero-order valence-electron chi connectivity index (χ0n) is 18.6. The van der Waals surface area contributed by atoms with Crippen molar-refractivity contribution in [2.45, 2.75) is 38.1 Å². The molecule has 1 N–H and O–H groups in total. The van der Waals surface area contributed by atoms with Crippen LogP contribution in [0.1, 0.15) is 48.5 Å². The van der Waals surface area contributed by atoms with Gasteiger partial charge < -0.3 is 9.73 Å².